The zero-order valence-electron chi connectivity index (χ0n) is 10.5. The van der Waals surface area contributed by atoms with Crippen molar-refractivity contribution in [3.8, 4) is 0 Å². The molecule has 0 bridgehead atoms. The lowest BCUT2D eigenvalue weighted by atomic mass is 10.1. The van der Waals surface area contributed by atoms with Gasteiger partial charge in [-0.15, -0.1) is 0 Å². The Kier molecular flexibility index (Phi) is 3.02. The van der Waals surface area contributed by atoms with E-state index in [4.69, 9.17) is 10.9 Å². The van der Waals surface area contributed by atoms with Crippen LogP contribution >= 0.6 is 0 Å². The molecule has 5 nitrogen and oxygen atoms in total. The predicted molar refractivity (Wildman–Crippen MR) is 64.6 cm³/mol. The van der Waals surface area contributed by atoms with Gasteiger partial charge in [-0.3, -0.25) is 4.79 Å². The Morgan fingerprint density at radius 3 is 2.53 bits per heavy atom. The first-order valence-electron chi connectivity index (χ1n) is 6.22. The van der Waals surface area contributed by atoms with Crippen LogP contribution in [0.15, 0.2) is 5.16 Å². The number of hydrogen-bond donors (Lipinski definition) is 2. The van der Waals surface area contributed by atoms with Gasteiger partial charge in [0, 0.05) is 24.9 Å². The third-order valence-corrected chi connectivity index (χ3v) is 3.82. The molecule has 2 aliphatic carbocycles. The molecule has 0 aromatic heterocycles. The van der Waals surface area contributed by atoms with Gasteiger partial charge in [-0.1, -0.05) is 19.0 Å². The Morgan fingerprint density at radius 1 is 1.53 bits per heavy atom. The van der Waals surface area contributed by atoms with Crippen LogP contribution in [0.25, 0.3) is 0 Å². The van der Waals surface area contributed by atoms with Crippen LogP contribution < -0.4 is 5.73 Å². The third kappa shape index (κ3) is 2.70. The van der Waals surface area contributed by atoms with Crippen molar-refractivity contribution in [2.45, 2.75) is 45.6 Å². The molecule has 96 valence electrons. The topological polar surface area (TPSA) is 78.9 Å². The van der Waals surface area contributed by atoms with Gasteiger partial charge >= 0.3 is 0 Å². The Morgan fingerprint density at radius 2 is 2.12 bits per heavy atom. The average Bonchev–Trinajstić information content (AvgIpc) is 3.16. The fourth-order valence-corrected chi connectivity index (χ4v) is 2.23. The van der Waals surface area contributed by atoms with Crippen molar-refractivity contribution >= 4 is 11.7 Å². The van der Waals surface area contributed by atoms with E-state index >= 15 is 0 Å². The number of carbonyl (C=O) groups excluding carboxylic acids is 1. The van der Waals surface area contributed by atoms with Crippen molar-refractivity contribution in [3.05, 3.63) is 0 Å². The molecule has 2 fully saturated rings. The third-order valence-electron chi connectivity index (χ3n) is 3.82. The summed E-state index contributed by atoms with van der Waals surface area (Å²) in [4.78, 5) is 14.2. The molecule has 2 rings (SSSR count). The van der Waals surface area contributed by atoms with Crippen LogP contribution in [-0.4, -0.2) is 34.4 Å². The first kappa shape index (κ1) is 12.2. The number of nitrogens with zero attached hydrogens (tertiary/aromatic N) is 2. The number of amides is 1. The molecule has 0 heterocycles. The van der Waals surface area contributed by atoms with Crippen LogP contribution in [-0.2, 0) is 4.79 Å². The number of carbonyl (C=O) groups is 1. The largest absolute Gasteiger partial charge is 0.409 e. The molecule has 17 heavy (non-hydrogen) atoms. The molecule has 0 aromatic rings. The van der Waals surface area contributed by atoms with E-state index in [1.165, 1.54) is 0 Å². The SMILES string of the molecule is CC1(C)CC1C(=O)N(CCC(N)=NO)C1CC1. The van der Waals surface area contributed by atoms with Crippen LogP contribution in [0.3, 0.4) is 0 Å². The first-order chi connectivity index (χ1) is 7.95. The minimum absolute atomic E-state index is 0.167. The summed E-state index contributed by atoms with van der Waals surface area (Å²) in [6, 6.07) is 0.394. The first-order valence-corrected chi connectivity index (χ1v) is 6.22. The van der Waals surface area contributed by atoms with Gasteiger partial charge in [0.25, 0.3) is 0 Å². The summed E-state index contributed by atoms with van der Waals surface area (Å²) in [5.74, 6) is 0.622. The van der Waals surface area contributed by atoms with Gasteiger partial charge in [0.05, 0.1) is 0 Å². The molecule has 1 atom stereocenters. The lowest BCUT2D eigenvalue weighted by Crippen LogP contribution is -2.37. The van der Waals surface area contributed by atoms with Gasteiger partial charge in [-0.2, -0.15) is 0 Å². The summed E-state index contributed by atoms with van der Waals surface area (Å²) in [5.41, 5.74) is 5.62. The zero-order chi connectivity index (χ0) is 12.6. The second kappa shape index (κ2) is 4.20. The monoisotopic (exact) mass is 239 g/mol. The lowest BCUT2D eigenvalue weighted by molar-refractivity contribution is -0.133. The van der Waals surface area contributed by atoms with Crippen LogP contribution in [0, 0.1) is 11.3 Å². The van der Waals surface area contributed by atoms with Crippen molar-refractivity contribution in [1.82, 2.24) is 4.90 Å². The highest BCUT2D eigenvalue weighted by Gasteiger charge is 2.53. The number of hydrogen-bond acceptors (Lipinski definition) is 3. The summed E-state index contributed by atoms with van der Waals surface area (Å²) in [5, 5.41) is 11.4. The smallest absolute Gasteiger partial charge is 0.226 e. The zero-order valence-corrected chi connectivity index (χ0v) is 10.5. The molecule has 2 saturated carbocycles. The molecular formula is C12H21N3O2. The molecule has 3 N–H and O–H groups in total. The summed E-state index contributed by atoms with van der Waals surface area (Å²) in [6.07, 6.45) is 3.62. The van der Waals surface area contributed by atoms with Gasteiger partial charge in [0.2, 0.25) is 5.91 Å². The number of amidine groups is 1. The number of nitrogens with two attached hydrogens (primary N) is 1. The molecule has 0 spiro atoms. The van der Waals surface area contributed by atoms with Gasteiger partial charge in [-0.05, 0) is 24.7 Å². The minimum Gasteiger partial charge on any atom is -0.409 e. The Hall–Kier alpha value is -1.26. The van der Waals surface area contributed by atoms with E-state index in [0.29, 0.717) is 19.0 Å². The highest BCUT2D eigenvalue weighted by Crippen LogP contribution is 2.53. The highest BCUT2D eigenvalue weighted by molar-refractivity contribution is 5.84. The summed E-state index contributed by atoms with van der Waals surface area (Å²) >= 11 is 0. The van der Waals surface area contributed by atoms with Gasteiger partial charge in [-0.25, -0.2) is 0 Å². The highest BCUT2D eigenvalue weighted by atomic mass is 16.4. The van der Waals surface area contributed by atoms with Gasteiger partial charge in [0.15, 0.2) is 0 Å². The van der Waals surface area contributed by atoms with Crippen molar-refractivity contribution in [1.29, 1.82) is 0 Å². The lowest BCUT2D eigenvalue weighted by Gasteiger charge is -2.23. The minimum atomic E-state index is 0.167. The second-order valence-corrected chi connectivity index (χ2v) is 5.85. The van der Waals surface area contributed by atoms with E-state index in [2.05, 4.69) is 19.0 Å². The van der Waals surface area contributed by atoms with E-state index in [-0.39, 0.29) is 23.1 Å². The summed E-state index contributed by atoms with van der Waals surface area (Å²) in [7, 11) is 0. The summed E-state index contributed by atoms with van der Waals surface area (Å²) < 4.78 is 0. The molecule has 0 radical (unpaired) electrons. The van der Waals surface area contributed by atoms with Gasteiger partial charge in [0.1, 0.15) is 5.84 Å². The van der Waals surface area contributed by atoms with Crippen molar-refractivity contribution in [2.75, 3.05) is 6.54 Å². The van der Waals surface area contributed by atoms with Crippen molar-refractivity contribution in [3.63, 3.8) is 0 Å². The van der Waals surface area contributed by atoms with E-state index in [9.17, 15) is 4.79 Å². The van der Waals surface area contributed by atoms with E-state index in [0.717, 1.165) is 19.3 Å². The average molecular weight is 239 g/mol. The molecule has 0 aromatic carbocycles. The van der Waals surface area contributed by atoms with Crippen molar-refractivity contribution in [2.24, 2.45) is 22.2 Å². The van der Waals surface area contributed by atoms with Gasteiger partial charge < -0.3 is 15.8 Å². The van der Waals surface area contributed by atoms with E-state index < -0.39 is 0 Å². The molecule has 0 saturated heterocycles. The van der Waals surface area contributed by atoms with Crippen LogP contribution in [0.5, 0.6) is 0 Å². The van der Waals surface area contributed by atoms with Crippen LogP contribution in [0.1, 0.15) is 39.5 Å². The Balaban J connectivity index is 1.91. The summed E-state index contributed by atoms with van der Waals surface area (Å²) in [6.45, 7) is 4.83. The Bertz CT molecular complexity index is 348. The molecule has 5 heteroatoms. The van der Waals surface area contributed by atoms with Crippen molar-refractivity contribution < 1.29 is 10.0 Å². The maximum atomic E-state index is 12.3. The Labute approximate surface area is 102 Å². The fourth-order valence-electron chi connectivity index (χ4n) is 2.23. The molecule has 1 unspecified atom stereocenters. The van der Waals surface area contributed by atoms with E-state index in [1.807, 2.05) is 4.90 Å². The molecule has 0 aliphatic heterocycles. The maximum absolute atomic E-state index is 12.3. The normalized spacial score (nSPS) is 26.7. The van der Waals surface area contributed by atoms with E-state index in [1.54, 1.807) is 0 Å². The molecule has 2 aliphatic rings. The van der Waals surface area contributed by atoms with Crippen LogP contribution in [0.4, 0.5) is 0 Å². The second-order valence-electron chi connectivity index (χ2n) is 5.85. The predicted octanol–water partition coefficient (Wildman–Crippen LogP) is 1.16. The molecular weight excluding hydrogens is 218 g/mol. The fraction of sp³-hybridized carbons (Fsp3) is 0.833. The quantitative estimate of drug-likeness (QED) is 0.327. The number of rotatable bonds is 5. The van der Waals surface area contributed by atoms with Crippen LogP contribution in [0.2, 0.25) is 0 Å². The number of oxime groups is 1. The standard InChI is InChI=1S/C12H21N3O2/c1-12(2)7-9(12)11(16)15(8-3-4-8)6-5-10(13)14-17/h8-9,17H,3-7H2,1-2H3,(H2,13,14). The maximum Gasteiger partial charge on any atom is 0.226 e. The molecule has 1 amide bonds.